The minimum atomic E-state index is -0.188. The van der Waals surface area contributed by atoms with E-state index in [4.69, 9.17) is 0 Å². The number of anilines is 1. The summed E-state index contributed by atoms with van der Waals surface area (Å²) in [6.45, 7) is 0.445. The largest absolute Gasteiger partial charge is 0.379 e. The summed E-state index contributed by atoms with van der Waals surface area (Å²) in [5.41, 5.74) is 2.31. The summed E-state index contributed by atoms with van der Waals surface area (Å²) in [5.74, 6) is 0.974. The van der Waals surface area contributed by atoms with Crippen LogP contribution in [0, 0.1) is 0 Å². The minimum Gasteiger partial charge on any atom is -0.379 e. The molecule has 124 valence electrons. The van der Waals surface area contributed by atoms with Gasteiger partial charge in [-0.1, -0.05) is 46.3 Å². The lowest BCUT2D eigenvalue weighted by atomic mass is 10.2. The first-order chi connectivity index (χ1) is 12.2. The van der Waals surface area contributed by atoms with Crippen LogP contribution in [0.15, 0.2) is 69.9 Å². The average molecular weight is 396 g/mol. The van der Waals surface area contributed by atoms with E-state index in [-0.39, 0.29) is 5.56 Å². The summed E-state index contributed by atoms with van der Waals surface area (Å²) in [6.07, 6.45) is 0. The first-order valence-corrected chi connectivity index (χ1v) is 8.52. The van der Waals surface area contributed by atoms with Gasteiger partial charge in [-0.05, 0) is 24.3 Å². The zero-order valence-electron chi connectivity index (χ0n) is 13.1. The van der Waals surface area contributed by atoms with Crippen LogP contribution in [-0.2, 0) is 6.54 Å². The van der Waals surface area contributed by atoms with Crippen molar-refractivity contribution < 1.29 is 0 Å². The van der Waals surface area contributed by atoms with E-state index in [0.29, 0.717) is 23.8 Å². The highest BCUT2D eigenvalue weighted by Crippen LogP contribution is 2.16. The van der Waals surface area contributed by atoms with Crippen molar-refractivity contribution in [2.24, 2.45) is 0 Å². The number of fused-ring (bicyclic) bond motifs is 1. The van der Waals surface area contributed by atoms with Crippen LogP contribution in [0.25, 0.3) is 17.2 Å². The maximum atomic E-state index is 12.3. The van der Waals surface area contributed by atoms with Crippen molar-refractivity contribution in [1.82, 2.24) is 19.6 Å². The molecule has 0 aliphatic heterocycles. The van der Waals surface area contributed by atoms with E-state index in [2.05, 4.69) is 36.3 Å². The van der Waals surface area contributed by atoms with Crippen LogP contribution in [0.4, 0.5) is 5.69 Å². The Morgan fingerprint density at radius 2 is 1.80 bits per heavy atom. The zero-order chi connectivity index (χ0) is 17.2. The zero-order valence-corrected chi connectivity index (χ0v) is 14.7. The third kappa shape index (κ3) is 3.32. The maximum absolute atomic E-state index is 12.3. The van der Waals surface area contributed by atoms with E-state index in [1.54, 1.807) is 0 Å². The molecule has 7 heteroatoms. The Morgan fingerprint density at radius 1 is 1.04 bits per heavy atom. The van der Waals surface area contributed by atoms with Gasteiger partial charge in [-0.2, -0.15) is 9.50 Å². The molecule has 2 N–H and O–H groups in total. The van der Waals surface area contributed by atoms with Crippen LogP contribution in [0.3, 0.4) is 0 Å². The monoisotopic (exact) mass is 395 g/mol. The quantitative estimate of drug-likeness (QED) is 0.554. The SMILES string of the molecule is O=c1cc(CNc2ccc(Br)cc2)nc2nc(-c3ccccc3)[nH]n12. The molecule has 0 radical (unpaired) electrons. The lowest BCUT2D eigenvalue weighted by Gasteiger charge is -2.05. The van der Waals surface area contributed by atoms with Crippen molar-refractivity contribution in [3.05, 3.63) is 81.2 Å². The van der Waals surface area contributed by atoms with Crippen LogP contribution in [0.5, 0.6) is 0 Å². The molecule has 2 aromatic carbocycles. The molecule has 25 heavy (non-hydrogen) atoms. The summed E-state index contributed by atoms with van der Waals surface area (Å²) in [6, 6.07) is 19.0. The molecule has 4 aromatic rings. The molecular formula is C18H14BrN5O. The molecule has 0 unspecified atom stereocenters. The van der Waals surface area contributed by atoms with Gasteiger partial charge in [-0.25, -0.2) is 4.98 Å². The highest BCUT2D eigenvalue weighted by atomic mass is 79.9. The normalized spacial score (nSPS) is 10.9. The summed E-state index contributed by atoms with van der Waals surface area (Å²) in [5, 5.41) is 6.24. The molecular weight excluding hydrogens is 382 g/mol. The highest BCUT2D eigenvalue weighted by molar-refractivity contribution is 9.10. The molecule has 0 saturated heterocycles. The minimum absolute atomic E-state index is 0.188. The van der Waals surface area contributed by atoms with E-state index in [0.717, 1.165) is 15.7 Å². The number of aromatic nitrogens is 4. The molecule has 6 nitrogen and oxygen atoms in total. The molecule has 0 amide bonds. The van der Waals surface area contributed by atoms with E-state index in [1.165, 1.54) is 10.6 Å². The number of benzene rings is 2. The van der Waals surface area contributed by atoms with Gasteiger partial charge in [0.15, 0.2) is 5.82 Å². The fourth-order valence-corrected chi connectivity index (χ4v) is 2.77. The molecule has 0 spiro atoms. The van der Waals surface area contributed by atoms with Crippen molar-refractivity contribution >= 4 is 27.4 Å². The predicted octanol–water partition coefficient (Wildman–Crippen LogP) is 3.46. The van der Waals surface area contributed by atoms with Crippen LogP contribution < -0.4 is 10.9 Å². The first kappa shape index (κ1) is 15.6. The molecule has 0 aliphatic rings. The van der Waals surface area contributed by atoms with Gasteiger partial charge in [-0.3, -0.25) is 9.89 Å². The van der Waals surface area contributed by atoms with E-state index < -0.39 is 0 Å². The lowest BCUT2D eigenvalue weighted by molar-refractivity contribution is 0.879. The van der Waals surface area contributed by atoms with Crippen molar-refractivity contribution in [3.8, 4) is 11.4 Å². The average Bonchev–Trinajstić information content (AvgIpc) is 3.07. The van der Waals surface area contributed by atoms with Gasteiger partial charge in [-0.15, -0.1) is 0 Å². The van der Waals surface area contributed by atoms with Gasteiger partial charge >= 0.3 is 0 Å². The number of H-pyrrole nitrogens is 1. The maximum Gasteiger partial charge on any atom is 0.274 e. The summed E-state index contributed by atoms with van der Waals surface area (Å²) < 4.78 is 2.37. The number of aromatic amines is 1. The molecule has 0 bridgehead atoms. The van der Waals surface area contributed by atoms with Gasteiger partial charge in [0.1, 0.15) is 0 Å². The number of hydrogen-bond donors (Lipinski definition) is 2. The number of halogens is 1. The van der Waals surface area contributed by atoms with E-state index in [1.807, 2.05) is 54.6 Å². The number of nitrogens with zero attached hydrogens (tertiary/aromatic N) is 3. The Hall–Kier alpha value is -2.93. The van der Waals surface area contributed by atoms with Crippen LogP contribution >= 0.6 is 15.9 Å². The fourth-order valence-electron chi connectivity index (χ4n) is 2.50. The second-order valence-corrected chi connectivity index (χ2v) is 6.44. The fraction of sp³-hybridized carbons (Fsp3) is 0.0556. The Balaban J connectivity index is 1.62. The Bertz CT molecular complexity index is 1070. The van der Waals surface area contributed by atoms with Gasteiger partial charge in [0.05, 0.1) is 12.2 Å². The summed E-state index contributed by atoms with van der Waals surface area (Å²) in [4.78, 5) is 21.2. The predicted molar refractivity (Wildman–Crippen MR) is 101 cm³/mol. The smallest absolute Gasteiger partial charge is 0.274 e. The third-order valence-corrected chi connectivity index (χ3v) is 4.28. The summed E-state index contributed by atoms with van der Waals surface area (Å²) >= 11 is 3.40. The standard InChI is InChI=1S/C18H14BrN5O/c19-13-6-8-14(9-7-13)20-11-15-10-16(25)24-18(21-15)22-17(23-24)12-4-2-1-3-5-12/h1-10,20H,11H2,(H,21,22,23). The highest BCUT2D eigenvalue weighted by Gasteiger charge is 2.09. The number of nitrogens with one attached hydrogen (secondary N) is 2. The Kier molecular flexibility index (Phi) is 4.07. The molecule has 0 aliphatic carbocycles. The number of hydrogen-bond acceptors (Lipinski definition) is 4. The second-order valence-electron chi connectivity index (χ2n) is 5.52. The van der Waals surface area contributed by atoms with Crippen LogP contribution in [-0.4, -0.2) is 19.6 Å². The molecule has 0 fully saturated rings. The van der Waals surface area contributed by atoms with Crippen molar-refractivity contribution in [3.63, 3.8) is 0 Å². The third-order valence-electron chi connectivity index (χ3n) is 3.75. The van der Waals surface area contributed by atoms with Gasteiger partial charge in [0.25, 0.3) is 11.3 Å². The van der Waals surface area contributed by atoms with Crippen molar-refractivity contribution in [2.75, 3.05) is 5.32 Å². The molecule has 0 atom stereocenters. The van der Waals surface area contributed by atoms with E-state index >= 15 is 0 Å². The second kappa shape index (κ2) is 6.52. The van der Waals surface area contributed by atoms with E-state index in [9.17, 15) is 4.79 Å². The van der Waals surface area contributed by atoms with Gasteiger partial charge in [0, 0.05) is 21.8 Å². The Morgan fingerprint density at radius 3 is 2.56 bits per heavy atom. The molecule has 0 saturated carbocycles. The first-order valence-electron chi connectivity index (χ1n) is 7.72. The van der Waals surface area contributed by atoms with Gasteiger partial charge in [0.2, 0.25) is 0 Å². The van der Waals surface area contributed by atoms with Crippen LogP contribution in [0.1, 0.15) is 5.69 Å². The van der Waals surface area contributed by atoms with Crippen molar-refractivity contribution in [1.29, 1.82) is 0 Å². The molecule has 4 rings (SSSR count). The number of rotatable bonds is 4. The lowest BCUT2D eigenvalue weighted by Crippen LogP contribution is -2.17. The molecule has 2 aromatic heterocycles. The van der Waals surface area contributed by atoms with Crippen molar-refractivity contribution in [2.45, 2.75) is 6.54 Å². The summed E-state index contributed by atoms with van der Waals surface area (Å²) in [7, 11) is 0. The van der Waals surface area contributed by atoms with Gasteiger partial charge < -0.3 is 5.32 Å². The van der Waals surface area contributed by atoms with Crippen LogP contribution in [0.2, 0.25) is 0 Å². The Labute approximate surface area is 151 Å². The topological polar surface area (TPSA) is 75.1 Å². The molecule has 2 heterocycles.